The molecule has 0 atom stereocenters. The number of nitrogens with one attached hydrogen (secondary N) is 1. The number of carbonyl (C=O) groups excluding carboxylic acids is 1. The van der Waals surface area contributed by atoms with E-state index in [1.807, 2.05) is 0 Å². The van der Waals surface area contributed by atoms with Gasteiger partial charge in [-0.05, 0) is 35.9 Å². The number of aryl methyl sites for hydroxylation is 1. The zero-order valence-corrected chi connectivity index (χ0v) is 13.6. The van der Waals surface area contributed by atoms with Gasteiger partial charge in [0, 0.05) is 30.2 Å². The molecule has 3 rings (SSSR count). The summed E-state index contributed by atoms with van der Waals surface area (Å²) in [5, 5.41) is 3.50. The molecule has 1 aromatic heterocycles. The van der Waals surface area contributed by atoms with Crippen LogP contribution in [0.4, 0.5) is 4.39 Å². The third kappa shape index (κ3) is 3.16. The Hall–Kier alpha value is -2.66. The van der Waals surface area contributed by atoms with Crippen molar-refractivity contribution in [2.45, 2.75) is 6.54 Å². The van der Waals surface area contributed by atoms with Crippen LogP contribution < -0.4 is 10.7 Å². The quantitative estimate of drug-likeness (QED) is 0.793. The van der Waals surface area contributed by atoms with Gasteiger partial charge in [0.1, 0.15) is 11.4 Å². The summed E-state index contributed by atoms with van der Waals surface area (Å²) in [6.07, 6.45) is 1.50. The average Bonchev–Trinajstić information content (AvgIpc) is 2.57. The van der Waals surface area contributed by atoms with Crippen molar-refractivity contribution in [2.75, 3.05) is 0 Å². The summed E-state index contributed by atoms with van der Waals surface area (Å²) in [6, 6.07) is 10.8. The van der Waals surface area contributed by atoms with Gasteiger partial charge in [-0.25, -0.2) is 4.39 Å². The molecule has 1 N–H and O–H groups in total. The maximum absolute atomic E-state index is 12.9. The van der Waals surface area contributed by atoms with Crippen molar-refractivity contribution in [3.63, 3.8) is 0 Å². The first-order valence-electron chi connectivity index (χ1n) is 7.27. The number of fused-ring (bicyclic) bond motifs is 1. The number of hydrogen-bond acceptors (Lipinski definition) is 2. The van der Waals surface area contributed by atoms with E-state index in [0.717, 1.165) is 5.56 Å². The smallest absolute Gasteiger partial charge is 0.257 e. The van der Waals surface area contributed by atoms with Crippen molar-refractivity contribution in [1.82, 2.24) is 9.88 Å². The van der Waals surface area contributed by atoms with Gasteiger partial charge in [0.15, 0.2) is 0 Å². The van der Waals surface area contributed by atoms with E-state index >= 15 is 0 Å². The van der Waals surface area contributed by atoms with Crippen molar-refractivity contribution >= 4 is 28.4 Å². The zero-order valence-electron chi connectivity index (χ0n) is 12.8. The van der Waals surface area contributed by atoms with Crippen molar-refractivity contribution in [1.29, 1.82) is 0 Å². The number of hydrogen-bond donors (Lipinski definition) is 1. The van der Waals surface area contributed by atoms with E-state index in [2.05, 4.69) is 5.32 Å². The predicted molar refractivity (Wildman–Crippen MR) is 91.8 cm³/mol. The number of rotatable bonds is 3. The summed E-state index contributed by atoms with van der Waals surface area (Å²) in [6.45, 7) is 0.204. The van der Waals surface area contributed by atoms with Crippen LogP contribution in [-0.2, 0) is 13.6 Å². The first kappa shape index (κ1) is 16.2. The van der Waals surface area contributed by atoms with E-state index < -0.39 is 5.91 Å². The van der Waals surface area contributed by atoms with Crippen LogP contribution in [0.5, 0.6) is 0 Å². The van der Waals surface area contributed by atoms with Gasteiger partial charge >= 0.3 is 0 Å². The molecule has 0 radical (unpaired) electrons. The van der Waals surface area contributed by atoms with E-state index in [9.17, 15) is 14.0 Å². The molecule has 0 bridgehead atoms. The van der Waals surface area contributed by atoms with E-state index in [4.69, 9.17) is 11.6 Å². The second-order valence-electron chi connectivity index (χ2n) is 5.45. The number of pyridine rings is 1. The average molecular weight is 345 g/mol. The molecular formula is C18H14ClFN2O2. The fourth-order valence-corrected chi connectivity index (χ4v) is 2.68. The number of amides is 1. The molecule has 0 unspecified atom stereocenters. The van der Waals surface area contributed by atoms with E-state index in [1.165, 1.54) is 18.3 Å². The molecule has 3 aromatic rings. The van der Waals surface area contributed by atoms with Crippen molar-refractivity contribution in [2.24, 2.45) is 7.05 Å². The highest BCUT2D eigenvalue weighted by Crippen LogP contribution is 2.17. The molecule has 1 heterocycles. The molecule has 122 valence electrons. The molecule has 0 saturated heterocycles. The normalized spacial score (nSPS) is 10.8. The van der Waals surface area contributed by atoms with Crippen LogP contribution in [-0.4, -0.2) is 10.5 Å². The van der Waals surface area contributed by atoms with Gasteiger partial charge in [-0.15, -0.1) is 0 Å². The van der Waals surface area contributed by atoms with Crippen LogP contribution in [0.15, 0.2) is 53.5 Å². The number of nitrogens with zero attached hydrogens (tertiary/aromatic N) is 1. The maximum Gasteiger partial charge on any atom is 0.257 e. The maximum atomic E-state index is 12.9. The molecule has 4 nitrogen and oxygen atoms in total. The molecule has 0 aliphatic heterocycles. The Morgan fingerprint density at radius 1 is 1.21 bits per heavy atom. The van der Waals surface area contributed by atoms with E-state index in [0.29, 0.717) is 15.9 Å². The van der Waals surface area contributed by atoms with Gasteiger partial charge in [-0.3, -0.25) is 9.59 Å². The van der Waals surface area contributed by atoms with Gasteiger partial charge < -0.3 is 9.88 Å². The van der Waals surface area contributed by atoms with Crippen LogP contribution in [0.3, 0.4) is 0 Å². The first-order valence-corrected chi connectivity index (χ1v) is 7.65. The summed E-state index contributed by atoms with van der Waals surface area (Å²) in [4.78, 5) is 24.9. The third-order valence-corrected chi connectivity index (χ3v) is 4.00. The minimum Gasteiger partial charge on any atom is -0.350 e. The lowest BCUT2D eigenvalue weighted by Gasteiger charge is -2.10. The minimum absolute atomic E-state index is 0.0365. The molecule has 6 heteroatoms. The molecule has 0 aliphatic rings. The topological polar surface area (TPSA) is 51.1 Å². The van der Waals surface area contributed by atoms with Gasteiger partial charge in [-0.1, -0.05) is 23.7 Å². The molecule has 0 fully saturated rings. The van der Waals surface area contributed by atoms with Crippen molar-refractivity contribution < 1.29 is 9.18 Å². The number of benzene rings is 2. The lowest BCUT2D eigenvalue weighted by atomic mass is 10.1. The molecule has 24 heavy (non-hydrogen) atoms. The van der Waals surface area contributed by atoms with E-state index in [1.54, 1.807) is 41.9 Å². The van der Waals surface area contributed by atoms with Gasteiger partial charge in [0.05, 0.1) is 5.52 Å². The Morgan fingerprint density at radius 3 is 2.62 bits per heavy atom. The summed E-state index contributed by atoms with van der Waals surface area (Å²) in [5.74, 6) is -0.827. The highest BCUT2D eigenvalue weighted by atomic mass is 35.5. The minimum atomic E-state index is -0.484. The predicted octanol–water partition coefficient (Wildman–Crippen LogP) is 3.26. The van der Waals surface area contributed by atoms with Gasteiger partial charge in [-0.2, -0.15) is 0 Å². The summed E-state index contributed by atoms with van der Waals surface area (Å²) < 4.78 is 14.6. The second kappa shape index (κ2) is 6.45. The largest absolute Gasteiger partial charge is 0.350 e. The Kier molecular flexibility index (Phi) is 4.36. The van der Waals surface area contributed by atoms with Crippen LogP contribution >= 0.6 is 11.6 Å². The fraction of sp³-hybridized carbons (Fsp3) is 0.111. The van der Waals surface area contributed by atoms with Crippen LogP contribution in [0.1, 0.15) is 15.9 Å². The SMILES string of the molecule is Cn1cc(C(=O)NCc2ccc(F)cc2)c(=O)c2cc(Cl)ccc21. The van der Waals surface area contributed by atoms with E-state index in [-0.39, 0.29) is 23.4 Å². The first-order chi connectivity index (χ1) is 11.5. The lowest BCUT2D eigenvalue weighted by molar-refractivity contribution is 0.0949. The molecule has 2 aromatic carbocycles. The molecular weight excluding hydrogens is 331 g/mol. The Labute approximate surface area is 142 Å². The lowest BCUT2D eigenvalue weighted by Crippen LogP contribution is -2.29. The van der Waals surface area contributed by atoms with Crippen LogP contribution in [0, 0.1) is 5.82 Å². The monoisotopic (exact) mass is 344 g/mol. The number of halogens is 2. The summed E-state index contributed by atoms with van der Waals surface area (Å²) >= 11 is 5.95. The molecule has 1 amide bonds. The highest BCUT2D eigenvalue weighted by Gasteiger charge is 2.14. The van der Waals surface area contributed by atoms with Crippen LogP contribution in [0.25, 0.3) is 10.9 Å². The Balaban J connectivity index is 1.91. The molecule has 0 saturated carbocycles. The summed E-state index contributed by atoms with van der Waals surface area (Å²) in [7, 11) is 1.76. The molecule has 0 aliphatic carbocycles. The van der Waals surface area contributed by atoms with Gasteiger partial charge in [0.2, 0.25) is 5.43 Å². The zero-order chi connectivity index (χ0) is 17.3. The molecule has 0 spiro atoms. The standard InChI is InChI=1S/C18H14ClFN2O2/c1-22-10-15(17(23)14-8-12(19)4-7-16(14)22)18(24)21-9-11-2-5-13(20)6-3-11/h2-8,10H,9H2,1H3,(H,21,24). The van der Waals surface area contributed by atoms with Crippen LogP contribution in [0.2, 0.25) is 5.02 Å². The van der Waals surface area contributed by atoms with Crippen molar-refractivity contribution in [3.8, 4) is 0 Å². The second-order valence-corrected chi connectivity index (χ2v) is 5.89. The Bertz CT molecular complexity index is 981. The third-order valence-electron chi connectivity index (χ3n) is 3.76. The fourth-order valence-electron chi connectivity index (χ4n) is 2.51. The summed E-state index contributed by atoms with van der Waals surface area (Å²) in [5.41, 5.74) is 1.10. The van der Waals surface area contributed by atoms with Gasteiger partial charge in [0.25, 0.3) is 5.91 Å². The Morgan fingerprint density at radius 2 is 1.92 bits per heavy atom. The van der Waals surface area contributed by atoms with Crippen molar-refractivity contribution in [3.05, 3.63) is 80.9 Å². The highest BCUT2D eigenvalue weighted by molar-refractivity contribution is 6.31. The number of carbonyl (C=O) groups is 1. The number of aromatic nitrogens is 1.